The lowest BCUT2D eigenvalue weighted by atomic mass is 9.80. The van der Waals surface area contributed by atoms with Crippen molar-refractivity contribution in [1.29, 1.82) is 0 Å². The highest BCUT2D eigenvalue weighted by molar-refractivity contribution is 6.58. The van der Waals surface area contributed by atoms with Gasteiger partial charge >= 0.3 is 7.12 Å². The van der Waals surface area contributed by atoms with Crippen LogP contribution in [0, 0.1) is 12.7 Å². The number of nitrogens with zero attached hydrogens (tertiary/aromatic N) is 2. The maximum Gasteiger partial charge on any atom is 0.488 e. The lowest BCUT2D eigenvalue weighted by molar-refractivity contribution is 0.425. The highest BCUT2D eigenvalue weighted by Crippen LogP contribution is 2.07. The van der Waals surface area contributed by atoms with Gasteiger partial charge in [0.1, 0.15) is 5.82 Å². The Morgan fingerprint density at radius 1 is 1.35 bits per heavy atom. The SMILES string of the molecule is Cc1ccn(Cc2ccc(B(O)O)cc2F)n1. The number of aromatic nitrogens is 2. The predicted octanol–water partition coefficient (Wildman–Crippen LogP) is 0.0587. The standard InChI is InChI=1S/C11H12BFN2O2/c1-8-4-5-15(14-8)7-9-2-3-10(12(16)17)6-11(9)13/h2-6,16-17H,7H2,1H3. The Morgan fingerprint density at radius 2 is 2.12 bits per heavy atom. The molecule has 0 aliphatic carbocycles. The van der Waals surface area contributed by atoms with Gasteiger partial charge in [0.2, 0.25) is 0 Å². The first-order valence-electron chi connectivity index (χ1n) is 5.21. The second-order valence-electron chi connectivity index (χ2n) is 3.88. The minimum Gasteiger partial charge on any atom is -0.423 e. The van der Waals surface area contributed by atoms with Gasteiger partial charge in [-0.3, -0.25) is 4.68 Å². The largest absolute Gasteiger partial charge is 0.488 e. The van der Waals surface area contributed by atoms with Crippen molar-refractivity contribution in [3.63, 3.8) is 0 Å². The van der Waals surface area contributed by atoms with Crippen molar-refractivity contribution in [1.82, 2.24) is 9.78 Å². The molecule has 2 rings (SSSR count). The van der Waals surface area contributed by atoms with E-state index in [1.54, 1.807) is 10.9 Å². The van der Waals surface area contributed by atoms with Crippen molar-refractivity contribution < 1.29 is 14.4 Å². The van der Waals surface area contributed by atoms with E-state index >= 15 is 0 Å². The summed E-state index contributed by atoms with van der Waals surface area (Å²) in [5.74, 6) is -0.469. The fourth-order valence-corrected chi connectivity index (χ4v) is 1.58. The topological polar surface area (TPSA) is 58.3 Å². The molecule has 0 spiro atoms. The van der Waals surface area contributed by atoms with Crippen LogP contribution in [0.2, 0.25) is 0 Å². The van der Waals surface area contributed by atoms with Crippen molar-refractivity contribution in [2.75, 3.05) is 0 Å². The number of rotatable bonds is 3. The van der Waals surface area contributed by atoms with Crippen molar-refractivity contribution >= 4 is 12.6 Å². The predicted molar refractivity (Wildman–Crippen MR) is 62.3 cm³/mol. The molecule has 0 aliphatic rings. The molecular weight excluding hydrogens is 222 g/mol. The first-order valence-corrected chi connectivity index (χ1v) is 5.21. The minimum atomic E-state index is -1.65. The van der Waals surface area contributed by atoms with E-state index in [1.807, 2.05) is 13.0 Å². The molecule has 0 radical (unpaired) electrons. The monoisotopic (exact) mass is 234 g/mol. The molecule has 0 atom stereocenters. The van der Waals surface area contributed by atoms with E-state index in [9.17, 15) is 4.39 Å². The van der Waals surface area contributed by atoms with Gasteiger partial charge in [0, 0.05) is 11.8 Å². The van der Waals surface area contributed by atoms with Crippen molar-refractivity contribution in [2.24, 2.45) is 0 Å². The van der Waals surface area contributed by atoms with Crippen molar-refractivity contribution in [3.8, 4) is 0 Å². The first-order chi connectivity index (χ1) is 8.06. The van der Waals surface area contributed by atoms with E-state index < -0.39 is 12.9 Å². The summed E-state index contributed by atoms with van der Waals surface area (Å²) in [6.45, 7) is 2.18. The van der Waals surface area contributed by atoms with Gasteiger partial charge in [0.05, 0.1) is 12.2 Å². The minimum absolute atomic E-state index is 0.142. The van der Waals surface area contributed by atoms with Gasteiger partial charge in [-0.05, 0) is 24.5 Å². The van der Waals surface area contributed by atoms with E-state index in [1.165, 1.54) is 12.1 Å². The van der Waals surface area contributed by atoms with Crippen LogP contribution in [0.5, 0.6) is 0 Å². The van der Waals surface area contributed by atoms with E-state index in [0.717, 1.165) is 11.8 Å². The van der Waals surface area contributed by atoms with E-state index in [0.29, 0.717) is 12.1 Å². The quantitative estimate of drug-likeness (QED) is 0.738. The molecule has 4 nitrogen and oxygen atoms in total. The first kappa shape index (κ1) is 11.8. The van der Waals surface area contributed by atoms with Gasteiger partial charge in [-0.25, -0.2) is 4.39 Å². The van der Waals surface area contributed by atoms with Crippen molar-refractivity contribution in [2.45, 2.75) is 13.5 Å². The van der Waals surface area contributed by atoms with E-state index in [2.05, 4.69) is 5.10 Å². The number of hydrogen-bond donors (Lipinski definition) is 2. The average Bonchev–Trinajstić information content (AvgIpc) is 2.67. The zero-order valence-electron chi connectivity index (χ0n) is 9.34. The van der Waals surface area contributed by atoms with Crippen molar-refractivity contribution in [3.05, 3.63) is 47.5 Å². The van der Waals surface area contributed by atoms with Gasteiger partial charge in [-0.15, -0.1) is 0 Å². The normalized spacial score (nSPS) is 10.6. The van der Waals surface area contributed by atoms with Gasteiger partial charge in [0.25, 0.3) is 0 Å². The molecule has 2 N–H and O–H groups in total. The number of hydrogen-bond acceptors (Lipinski definition) is 3. The molecule has 0 unspecified atom stereocenters. The van der Waals surface area contributed by atoms with Gasteiger partial charge < -0.3 is 10.0 Å². The van der Waals surface area contributed by atoms with Gasteiger partial charge in [-0.1, -0.05) is 12.1 Å². The van der Waals surface area contributed by atoms with Crippen LogP contribution < -0.4 is 5.46 Å². The molecule has 1 aromatic carbocycles. The zero-order chi connectivity index (χ0) is 12.4. The van der Waals surface area contributed by atoms with Crippen LogP contribution in [-0.2, 0) is 6.54 Å². The Kier molecular flexibility index (Phi) is 3.26. The number of aryl methyl sites for hydroxylation is 1. The van der Waals surface area contributed by atoms with Gasteiger partial charge in [-0.2, -0.15) is 5.10 Å². The third-order valence-corrected chi connectivity index (χ3v) is 2.48. The summed E-state index contributed by atoms with van der Waals surface area (Å²) in [6.07, 6.45) is 1.77. The molecule has 0 saturated carbocycles. The molecule has 6 heteroatoms. The van der Waals surface area contributed by atoms with Crippen LogP contribution in [0.1, 0.15) is 11.3 Å². The average molecular weight is 234 g/mol. The molecule has 2 aromatic rings. The Labute approximate surface area is 98.5 Å². The molecule has 88 valence electrons. The smallest absolute Gasteiger partial charge is 0.423 e. The lowest BCUT2D eigenvalue weighted by Crippen LogP contribution is -2.30. The summed E-state index contributed by atoms with van der Waals surface area (Å²) >= 11 is 0. The number of benzene rings is 1. The zero-order valence-corrected chi connectivity index (χ0v) is 9.34. The Morgan fingerprint density at radius 3 is 2.65 bits per heavy atom. The fraction of sp³-hybridized carbons (Fsp3) is 0.182. The molecule has 0 aliphatic heterocycles. The molecule has 0 bridgehead atoms. The Balaban J connectivity index is 2.22. The molecule has 0 saturated heterocycles. The maximum atomic E-state index is 13.6. The highest BCUT2D eigenvalue weighted by Gasteiger charge is 2.13. The molecule has 1 heterocycles. The second kappa shape index (κ2) is 4.69. The molecule has 0 amide bonds. The third-order valence-electron chi connectivity index (χ3n) is 2.48. The van der Waals surface area contributed by atoms with Crippen LogP contribution >= 0.6 is 0 Å². The van der Waals surface area contributed by atoms with Crippen LogP contribution in [0.25, 0.3) is 0 Å². The fourth-order valence-electron chi connectivity index (χ4n) is 1.58. The summed E-state index contributed by atoms with van der Waals surface area (Å²) in [4.78, 5) is 0. The highest BCUT2D eigenvalue weighted by atomic mass is 19.1. The summed E-state index contributed by atoms with van der Waals surface area (Å²) in [7, 11) is -1.65. The van der Waals surface area contributed by atoms with Crippen LogP contribution in [0.15, 0.2) is 30.5 Å². The van der Waals surface area contributed by atoms with Crippen LogP contribution in [0.3, 0.4) is 0 Å². The maximum absolute atomic E-state index is 13.6. The summed E-state index contributed by atoms with van der Waals surface area (Å²) in [5, 5.41) is 22.0. The third kappa shape index (κ3) is 2.72. The van der Waals surface area contributed by atoms with Crippen LogP contribution in [0.4, 0.5) is 4.39 Å². The molecule has 17 heavy (non-hydrogen) atoms. The van der Waals surface area contributed by atoms with Crippen LogP contribution in [-0.4, -0.2) is 26.9 Å². The van der Waals surface area contributed by atoms with Gasteiger partial charge in [0.15, 0.2) is 0 Å². The summed E-state index contributed by atoms with van der Waals surface area (Å²) in [6, 6.07) is 5.97. The summed E-state index contributed by atoms with van der Waals surface area (Å²) in [5.41, 5.74) is 1.47. The lowest BCUT2D eigenvalue weighted by Gasteiger charge is -2.06. The molecule has 0 fully saturated rings. The molecular formula is C11H12BFN2O2. The number of halogens is 1. The van der Waals surface area contributed by atoms with E-state index in [-0.39, 0.29) is 5.46 Å². The van der Waals surface area contributed by atoms with E-state index in [4.69, 9.17) is 10.0 Å². The Bertz CT molecular complexity index is 528. The second-order valence-corrected chi connectivity index (χ2v) is 3.88. The Hall–Kier alpha value is -1.66. The molecule has 1 aromatic heterocycles. The summed E-state index contributed by atoms with van der Waals surface area (Å²) < 4.78 is 15.3.